The molecule has 2 atom stereocenters. The Morgan fingerprint density at radius 3 is 2.47 bits per heavy atom. The Balaban J connectivity index is 2.61. The van der Waals surface area contributed by atoms with E-state index in [0.29, 0.717) is 5.92 Å². The van der Waals surface area contributed by atoms with Gasteiger partial charge >= 0.3 is 0 Å². The number of hydrogen-bond donors (Lipinski definition) is 1. The Bertz CT molecular complexity index is 254. The highest BCUT2D eigenvalue weighted by molar-refractivity contribution is 5.78. The number of hydrogen-bond acceptors (Lipinski definition) is 3. The van der Waals surface area contributed by atoms with Crippen molar-refractivity contribution in [3.05, 3.63) is 0 Å². The van der Waals surface area contributed by atoms with Gasteiger partial charge in [0, 0.05) is 19.0 Å². The average Bonchev–Trinajstić information content (AvgIpc) is 2.24. The van der Waals surface area contributed by atoms with Crippen molar-refractivity contribution in [2.75, 3.05) is 26.7 Å². The van der Waals surface area contributed by atoms with Crippen molar-refractivity contribution in [2.45, 2.75) is 39.8 Å². The molecule has 0 saturated carbocycles. The van der Waals surface area contributed by atoms with Crippen LogP contribution in [0.1, 0.15) is 27.7 Å². The third kappa shape index (κ3) is 4.28. The van der Waals surface area contributed by atoms with E-state index in [2.05, 4.69) is 31.1 Å². The van der Waals surface area contributed by atoms with Crippen LogP contribution in [-0.2, 0) is 9.53 Å². The van der Waals surface area contributed by atoms with Gasteiger partial charge in [0.15, 0.2) is 0 Å². The monoisotopic (exact) mass is 242 g/mol. The molecular weight excluding hydrogens is 216 g/mol. The number of carbonyl (C=O) groups is 1. The lowest BCUT2D eigenvalue weighted by molar-refractivity contribution is -0.127. The van der Waals surface area contributed by atoms with Crippen LogP contribution in [0.25, 0.3) is 0 Å². The Labute approximate surface area is 105 Å². The van der Waals surface area contributed by atoms with Gasteiger partial charge in [-0.1, -0.05) is 27.7 Å². The molecule has 4 nitrogen and oxygen atoms in total. The second-order valence-electron chi connectivity index (χ2n) is 5.60. The van der Waals surface area contributed by atoms with Gasteiger partial charge in [-0.15, -0.1) is 0 Å². The van der Waals surface area contributed by atoms with E-state index in [-0.39, 0.29) is 24.0 Å². The van der Waals surface area contributed by atoms with Crippen molar-refractivity contribution in [2.24, 2.45) is 11.8 Å². The summed E-state index contributed by atoms with van der Waals surface area (Å²) in [5.74, 6) is 0.521. The molecule has 1 heterocycles. The highest BCUT2D eigenvalue weighted by Gasteiger charge is 2.30. The summed E-state index contributed by atoms with van der Waals surface area (Å²) in [5, 5.41) is 3.12. The number of nitrogens with one attached hydrogen (secondary N) is 1. The number of amides is 1. The smallest absolute Gasteiger partial charge is 0.222 e. The van der Waals surface area contributed by atoms with E-state index in [4.69, 9.17) is 4.74 Å². The predicted molar refractivity (Wildman–Crippen MR) is 68.8 cm³/mol. The number of nitrogens with zero attached hydrogens (tertiary/aromatic N) is 1. The van der Waals surface area contributed by atoms with Crippen LogP contribution >= 0.6 is 0 Å². The van der Waals surface area contributed by atoms with Crippen molar-refractivity contribution in [1.29, 1.82) is 0 Å². The molecule has 1 saturated heterocycles. The standard InChI is InChI=1S/C13H26N2O2/c1-9(2)12(14-13(16)10(3)4)11-8-15(5)6-7-17-11/h9-12H,6-8H2,1-5H3,(H,14,16). The Morgan fingerprint density at radius 2 is 2.00 bits per heavy atom. The number of carbonyl (C=O) groups excluding carboxylic acids is 1. The molecule has 100 valence electrons. The summed E-state index contributed by atoms with van der Waals surface area (Å²) in [6.45, 7) is 10.7. The summed E-state index contributed by atoms with van der Waals surface area (Å²) in [4.78, 5) is 14.1. The van der Waals surface area contributed by atoms with Crippen LogP contribution in [0.5, 0.6) is 0 Å². The molecule has 4 heteroatoms. The third-order valence-electron chi connectivity index (χ3n) is 3.25. The van der Waals surface area contributed by atoms with E-state index >= 15 is 0 Å². The largest absolute Gasteiger partial charge is 0.373 e. The molecule has 0 radical (unpaired) electrons. The van der Waals surface area contributed by atoms with Crippen LogP contribution in [-0.4, -0.2) is 49.7 Å². The molecule has 1 rings (SSSR count). The Hall–Kier alpha value is -0.610. The quantitative estimate of drug-likeness (QED) is 0.803. The lowest BCUT2D eigenvalue weighted by atomic mass is 9.96. The molecule has 1 N–H and O–H groups in total. The van der Waals surface area contributed by atoms with Crippen LogP contribution in [0.3, 0.4) is 0 Å². The third-order valence-corrected chi connectivity index (χ3v) is 3.25. The first-order valence-corrected chi connectivity index (χ1v) is 6.52. The zero-order chi connectivity index (χ0) is 13.0. The molecule has 2 unspecified atom stereocenters. The molecule has 0 aromatic carbocycles. The molecule has 17 heavy (non-hydrogen) atoms. The molecule has 0 aliphatic carbocycles. The summed E-state index contributed by atoms with van der Waals surface area (Å²) in [5.41, 5.74) is 0. The molecule has 1 amide bonds. The minimum Gasteiger partial charge on any atom is -0.373 e. The van der Waals surface area contributed by atoms with E-state index in [0.717, 1.165) is 19.7 Å². The van der Waals surface area contributed by atoms with Gasteiger partial charge in [0.1, 0.15) is 0 Å². The molecule has 0 bridgehead atoms. The van der Waals surface area contributed by atoms with Gasteiger partial charge in [0.2, 0.25) is 5.91 Å². The number of likely N-dealkylation sites (N-methyl/N-ethyl adjacent to an activating group) is 1. The molecule has 0 aromatic heterocycles. The van der Waals surface area contributed by atoms with Gasteiger partial charge in [0.05, 0.1) is 18.8 Å². The normalized spacial score (nSPS) is 24.1. The second kappa shape index (κ2) is 6.36. The first-order valence-electron chi connectivity index (χ1n) is 6.52. The maximum atomic E-state index is 11.8. The van der Waals surface area contributed by atoms with Crippen LogP contribution < -0.4 is 5.32 Å². The average molecular weight is 242 g/mol. The van der Waals surface area contributed by atoms with E-state index < -0.39 is 0 Å². The first-order chi connectivity index (χ1) is 7.91. The molecule has 0 aromatic rings. The van der Waals surface area contributed by atoms with E-state index in [1.54, 1.807) is 0 Å². The first kappa shape index (κ1) is 14.5. The second-order valence-corrected chi connectivity index (χ2v) is 5.60. The Morgan fingerprint density at radius 1 is 1.35 bits per heavy atom. The fourth-order valence-electron chi connectivity index (χ4n) is 2.05. The molecular formula is C13H26N2O2. The zero-order valence-corrected chi connectivity index (χ0v) is 11.7. The minimum absolute atomic E-state index is 0.0255. The molecule has 1 fully saturated rings. The fraction of sp³-hybridized carbons (Fsp3) is 0.923. The predicted octanol–water partition coefficient (Wildman–Crippen LogP) is 1.11. The highest BCUT2D eigenvalue weighted by Crippen LogP contribution is 2.15. The summed E-state index contributed by atoms with van der Waals surface area (Å²) < 4.78 is 5.80. The Kier molecular flexibility index (Phi) is 5.40. The molecule has 0 spiro atoms. The van der Waals surface area contributed by atoms with Gasteiger partial charge in [0.25, 0.3) is 0 Å². The van der Waals surface area contributed by atoms with Crippen LogP contribution in [0.2, 0.25) is 0 Å². The number of rotatable bonds is 4. The summed E-state index contributed by atoms with van der Waals surface area (Å²) >= 11 is 0. The van der Waals surface area contributed by atoms with Gasteiger partial charge in [-0.05, 0) is 13.0 Å². The maximum Gasteiger partial charge on any atom is 0.222 e. The van der Waals surface area contributed by atoms with Gasteiger partial charge in [-0.2, -0.15) is 0 Å². The van der Waals surface area contributed by atoms with Crippen LogP contribution in [0, 0.1) is 11.8 Å². The number of ether oxygens (including phenoxy) is 1. The zero-order valence-electron chi connectivity index (χ0n) is 11.7. The van der Waals surface area contributed by atoms with Crippen molar-refractivity contribution < 1.29 is 9.53 Å². The van der Waals surface area contributed by atoms with Crippen molar-refractivity contribution in [3.8, 4) is 0 Å². The van der Waals surface area contributed by atoms with E-state index in [1.165, 1.54) is 0 Å². The summed E-state index contributed by atoms with van der Waals surface area (Å²) in [7, 11) is 2.09. The summed E-state index contributed by atoms with van der Waals surface area (Å²) in [6, 6.07) is 0.104. The minimum atomic E-state index is 0.0255. The number of morpholine rings is 1. The molecule has 1 aliphatic heterocycles. The van der Waals surface area contributed by atoms with E-state index in [9.17, 15) is 4.79 Å². The van der Waals surface area contributed by atoms with Gasteiger partial charge in [-0.25, -0.2) is 0 Å². The highest BCUT2D eigenvalue weighted by atomic mass is 16.5. The maximum absolute atomic E-state index is 11.8. The SMILES string of the molecule is CC(C)C(=O)NC(C(C)C)C1CN(C)CCO1. The van der Waals surface area contributed by atoms with E-state index in [1.807, 2.05) is 13.8 Å². The topological polar surface area (TPSA) is 41.6 Å². The van der Waals surface area contributed by atoms with Crippen LogP contribution in [0.15, 0.2) is 0 Å². The summed E-state index contributed by atoms with van der Waals surface area (Å²) in [6.07, 6.45) is 0.108. The van der Waals surface area contributed by atoms with Gasteiger partial charge in [-0.3, -0.25) is 4.79 Å². The van der Waals surface area contributed by atoms with Crippen molar-refractivity contribution >= 4 is 5.91 Å². The van der Waals surface area contributed by atoms with Crippen molar-refractivity contribution in [1.82, 2.24) is 10.2 Å². The lowest BCUT2D eigenvalue weighted by Crippen LogP contribution is -2.55. The van der Waals surface area contributed by atoms with Gasteiger partial charge < -0.3 is 15.0 Å². The molecule has 1 aliphatic rings. The van der Waals surface area contributed by atoms with Crippen LogP contribution in [0.4, 0.5) is 0 Å². The van der Waals surface area contributed by atoms with Crippen molar-refractivity contribution in [3.63, 3.8) is 0 Å². The fourth-order valence-corrected chi connectivity index (χ4v) is 2.05. The lowest BCUT2D eigenvalue weighted by Gasteiger charge is -2.37.